The Morgan fingerprint density at radius 1 is 0.971 bits per heavy atom. The van der Waals surface area contributed by atoms with E-state index >= 15 is 0 Å². The Labute approximate surface area is 197 Å². The van der Waals surface area contributed by atoms with Crippen molar-refractivity contribution in [3.63, 3.8) is 0 Å². The number of hydrogen-bond donors (Lipinski definition) is 1. The Hall–Kier alpha value is -4.13. The van der Waals surface area contributed by atoms with Gasteiger partial charge in [0.2, 0.25) is 0 Å². The zero-order chi connectivity index (χ0) is 24.2. The number of hydrogen-bond acceptors (Lipinski definition) is 5. The maximum absolute atomic E-state index is 13.1. The van der Waals surface area contributed by atoms with E-state index < -0.39 is 17.7 Å². The second kappa shape index (κ2) is 9.79. The lowest BCUT2D eigenvalue weighted by Gasteiger charge is -2.13. The Bertz CT molecular complexity index is 1390. The number of nitrogens with zero attached hydrogens (tertiary/aromatic N) is 1. The van der Waals surface area contributed by atoms with Gasteiger partial charge in [-0.15, -0.1) is 0 Å². The van der Waals surface area contributed by atoms with Crippen LogP contribution in [0.5, 0.6) is 5.75 Å². The molecule has 4 aromatic rings. The minimum absolute atomic E-state index is 0.213. The number of benzene rings is 3. The lowest BCUT2D eigenvalue weighted by atomic mass is 10.00. The van der Waals surface area contributed by atoms with Crippen LogP contribution in [0.25, 0.3) is 21.7 Å². The van der Waals surface area contributed by atoms with Crippen LogP contribution in [0.15, 0.2) is 60.7 Å². The highest BCUT2D eigenvalue weighted by Gasteiger charge is 2.29. The summed E-state index contributed by atoms with van der Waals surface area (Å²) >= 11 is 0. The van der Waals surface area contributed by atoms with E-state index in [-0.39, 0.29) is 18.8 Å². The number of fused-ring (bicyclic) bond motifs is 2. The number of primary amides is 1. The predicted octanol–water partition coefficient (Wildman–Crippen LogP) is 4.02. The molecule has 2 N–H and O–H groups in total. The summed E-state index contributed by atoms with van der Waals surface area (Å²) in [4.78, 5) is 37.2. The van der Waals surface area contributed by atoms with E-state index in [9.17, 15) is 14.4 Å². The monoisotopic (exact) mass is 458 g/mol. The summed E-state index contributed by atoms with van der Waals surface area (Å²) in [6.45, 7) is 4.03. The fraction of sp³-hybridized carbons (Fsp3) is 0.222. The number of ether oxygens (including phenoxy) is 2. The molecule has 0 saturated carbocycles. The zero-order valence-corrected chi connectivity index (χ0v) is 19.2. The second-order valence-corrected chi connectivity index (χ2v) is 7.86. The third-order valence-corrected chi connectivity index (χ3v) is 5.74. The Morgan fingerprint density at radius 2 is 1.68 bits per heavy atom. The molecule has 4 rings (SSSR count). The lowest BCUT2D eigenvalue weighted by Crippen LogP contribution is -2.24. The van der Waals surface area contributed by atoms with Crippen molar-refractivity contribution in [1.29, 1.82) is 0 Å². The van der Waals surface area contributed by atoms with E-state index in [1.54, 1.807) is 6.92 Å². The number of carbonyl (C=O) groups excluding carboxylic acids is 3. The summed E-state index contributed by atoms with van der Waals surface area (Å²) in [6.07, 6.45) is 0.490. The van der Waals surface area contributed by atoms with Gasteiger partial charge in [0.05, 0.1) is 23.1 Å². The average molecular weight is 459 g/mol. The molecular formula is C27H26N2O5. The van der Waals surface area contributed by atoms with Gasteiger partial charge in [-0.3, -0.25) is 9.59 Å². The summed E-state index contributed by atoms with van der Waals surface area (Å²) < 4.78 is 13.0. The predicted molar refractivity (Wildman–Crippen MR) is 130 cm³/mol. The smallest absolute Gasteiger partial charge is 0.344 e. The van der Waals surface area contributed by atoms with Crippen LogP contribution < -0.4 is 10.5 Å². The highest BCUT2D eigenvalue weighted by atomic mass is 16.6. The van der Waals surface area contributed by atoms with Crippen LogP contribution in [-0.4, -0.2) is 35.4 Å². The fourth-order valence-electron chi connectivity index (χ4n) is 4.34. The van der Waals surface area contributed by atoms with Gasteiger partial charge in [0, 0.05) is 17.6 Å². The number of ketones is 1. The van der Waals surface area contributed by atoms with E-state index in [4.69, 9.17) is 15.2 Å². The molecule has 3 aromatic carbocycles. The first-order valence-corrected chi connectivity index (χ1v) is 11.2. The van der Waals surface area contributed by atoms with Crippen LogP contribution in [0.2, 0.25) is 0 Å². The topological polar surface area (TPSA) is 101 Å². The molecule has 174 valence electrons. The highest BCUT2D eigenvalue weighted by Crippen LogP contribution is 2.40. The Morgan fingerprint density at radius 3 is 2.35 bits per heavy atom. The van der Waals surface area contributed by atoms with Gasteiger partial charge in [0.15, 0.2) is 6.61 Å². The molecule has 1 heterocycles. The molecule has 0 atom stereocenters. The molecule has 1 amide bonds. The van der Waals surface area contributed by atoms with Crippen molar-refractivity contribution in [2.45, 2.75) is 26.8 Å². The molecule has 7 heteroatoms. The minimum atomic E-state index is -1.04. The molecule has 0 bridgehead atoms. The number of nitrogens with two attached hydrogens (primary N) is 1. The molecule has 0 saturated heterocycles. The first-order valence-electron chi connectivity index (χ1n) is 11.2. The van der Waals surface area contributed by atoms with Crippen molar-refractivity contribution in [3.8, 4) is 5.75 Å². The standard InChI is InChI=1S/C27H26N2O5/c1-3-20-23(25(31)27(28)32)24-21(29(20)15-17-10-6-5-7-11-17)14-18-12-8-9-13-19(18)26(24)34-16-22(30)33-4-2/h5-14H,3-4,15-16H2,1-2H3,(H2,28,32). The van der Waals surface area contributed by atoms with Crippen LogP contribution in [0.1, 0.15) is 35.5 Å². The highest BCUT2D eigenvalue weighted by molar-refractivity contribution is 6.45. The van der Waals surface area contributed by atoms with E-state index in [1.807, 2.05) is 72.2 Å². The summed E-state index contributed by atoms with van der Waals surface area (Å²) in [5.41, 5.74) is 8.11. The summed E-state index contributed by atoms with van der Waals surface area (Å²) in [5.74, 6) is -2.00. The van der Waals surface area contributed by atoms with Gasteiger partial charge in [0.1, 0.15) is 5.75 Å². The van der Waals surface area contributed by atoms with Crippen molar-refractivity contribution in [3.05, 3.63) is 77.5 Å². The van der Waals surface area contributed by atoms with Crippen LogP contribution in [-0.2, 0) is 27.3 Å². The number of esters is 1. The third-order valence-electron chi connectivity index (χ3n) is 5.74. The van der Waals surface area contributed by atoms with E-state index in [0.29, 0.717) is 29.8 Å². The van der Waals surface area contributed by atoms with Crippen LogP contribution >= 0.6 is 0 Å². The average Bonchev–Trinajstić information content (AvgIpc) is 3.14. The van der Waals surface area contributed by atoms with Gasteiger partial charge < -0.3 is 19.8 Å². The molecule has 1 aromatic heterocycles. The minimum Gasteiger partial charge on any atom is -0.481 e. The normalized spacial score (nSPS) is 11.0. The Balaban J connectivity index is 2.05. The first kappa shape index (κ1) is 23.0. The number of Topliss-reactive ketones (excluding diaryl/α,β-unsaturated/α-hetero) is 1. The van der Waals surface area contributed by atoms with Crippen LogP contribution in [0.4, 0.5) is 0 Å². The first-order chi connectivity index (χ1) is 16.5. The van der Waals surface area contributed by atoms with Gasteiger partial charge in [-0.1, -0.05) is 61.5 Å². The molecule has 0 spiro atoms. The lowest BCUT2D eigenvalue weighted by molar-refractivity contribution is -0.145. The number of rotatable bonds is 9. The zero-order valence-electron chi connectivity index (χ0n) is 19.2. The number of aromatic nitrogens is 1. The maximum atomic E-state index is 13.1. The van der Waals surface area contributed by atoms with Crippen molar-refractivity contribution >= 4 is 39.3 Å². The molecule has 0 aliphatic carbocycles. The van der Waals surface area contributed by atoms with Crippen LogP contribution in [0.3, 0.4) is 0 Å². The van der Waals surface area contributed by atoms with Gasteiger partial charge in [-0.05, 0) is 30.4 Å². The van der Waals surface area contributed by atoms with Crippen molar-refractivity contribution in [2.75, 3.05) is 13.2 Å². The second-order valence-electron chi connectivity index (χ2n) is 7.86. The molecule has 0 unspecified atom stereocenters. The largest absolute Gasteiger partial charge is 0.481 e. The summed E-state index contributed by atoms with van der Waals surface area (Å²) in [7, 11) is 0. The molecule has 34 heavy (non-hydrogen) atoms. The van der Waals surface area contributed by atoms with Crippen molar-refractivity contribution in [1.82, 2.24) is 4.57 Å². The summed E-state index contributed by atoms with van der Waals surface area (Å²) in [5, 5.41) is 2.07. The SMILES string of the molecule is CCOC(=O)COc1c2ccccc2cc2c1c(C(=O)C(N)=O)c(CC)n2Cc1ccccc1. The van der Waals surface area contributed by atoms with E-state index in [2.05, 4.69) is 0 Å². The number of amides is 1. The van der Waals surface area contributed by atoms with E-state index in [0.717, 1.165) is 21.9 Å². The maximum Gasteiger partial charge on any atom is 0.344 e. The van der Waals surface area contributed by atoms with Gasteiger partial charge >= 0.3 is 5.97 Å². The fourth-order valence-corrected chi connectivity index (χ4v) is 4.34. The van der Waals surface area contributed by atoms with Crippen molar-refractivity contribution in [2.24, 2.45) is 5.73 Å². The molecular weight excluding hydrogens is 432 g/mol. The van der Waals surface area contributed by atoms with Gasteiger partial charge in [0.25, 0.3) is 11.7 Å². The summed E-state index contributed by atoms with van der Waals surface area (Å²) in [6, 6.07) is 19.4. The van der Waals surface area contributed by atoms with E-state index in [1.165, 1.54) is 0 Å². The van der Waals surface area contributed by atoms with Gasteiger partial charge in [-0.25, -0.2) is 4.79 Å². The molecule has 7 nitrogen and oxygen atoms in total. The third kappa shape index (κ3) is 4.24. The molecule has 0 aliphatic heterocycles. The molecule has 0 aliphatic rings. The molecule has 0 fully saturated rings. The van der Waals surface area contributed by atoms with Crippen molar-refractivity contribution < 1.29 is 23.9 Å². The quantitative estimate of drug-likeness (QED) is 0.232. The number of carbonyl (C=O) groups is 3. The van der Waals surface area contributed by atoms with Gasteiger partial charge in [-0.2, -0.15) is 0 Å². The van der Waals surface area contributed by atoms with Crippen LogP contribution in [0, 0.1) is 0 Å². The molecule has 0 radical (unpaired) electrons. The Kier molecular flexibility index (Phi) is 6.63.